The Labute approximate surface area is 248 Å². The molecule has 0 saturated carbocycles. The lowest BCUT2D eigenvalue weighted by molar-refractivity contribution is -0.136. The Bertz CT molecular complexity index is 1230. The first kappa shape index (κ1) is 34.0. The van der Waals surface area contributed by atoms with Gasteiger partial charge in [0, 0.05) is 6.42 Å². The number of hydrogen-bond acceptors (Lipinski definition) is 9. The van der Waals surface area contributed by atoms with E-state index >= 15 is 0 Å². The molecule has 11 heteroatoms. The zero-order valence-electron chi connectivity index (χ0n) is 25.1. The minimum absolute atomic E-state index is 0.0166. The number of nitrogens with zero attached hydrogens (tertiary/aromatic N) is 2. The summed E-state index contributed by atoms with van der Waals surface area (Å²) in [5.74, 6) is 4.45. The van der Waals surface area contributed by atoms with Gasteiger partial charge in [0.15, 0.2) is 0 Å². The second kappa shape index (κ2) is 16.3. The summed E-state index contributed by atoms with van der Waals surface area (Å²) in [7, 11) is 3.15. The number of likely N-dealkylation sites (tertiary alicyclic amines) is 1. The molecule has 0 spiro atoms. The predicted octanol–water partition coefficient (Wildman–Crippen LogP) is 1.71. The number of nitrogens with two attached hydrogens (primary N) is 3. The van der Waals surface area contributed by atoms with Crippen molar-refractivity contribution >= 4 is 24.1 Å². The van der Waals surface area contributed by atoms with Gasteiger partial charge in [-0.2, -0.15) is 0 Å². The van der Waals surface area contributed by atoms with Gasteiger partial charge in [-0.25, -0.2) is 10.6 Å². The molecule has 1 heterocycles. The van der Waals surface area contributed by atoms with E-state index in [-0.39, 0.29) is 23.6 Å². The molecule has 0 radical (unpaired) electrons. The number of ether oxygens (including phenoxy) is 1. The summed E-state index contributed by atoms with van der Waals surface area (Å²) in [5.41, 5.74) is 14.5. The molecular weight excluding hydrogens is 536 g/mol. The molecule has 1 fully saturated rings. The van der Waals surface area contributed by atoms with Gasteiger partial charge in [-0.15, -0.1) is 0 Å². The van der Waals surface area contributed by atoms with E-state index in [4.69, 9.17) is 17.3 Å². The number of likely N-dealkylation sites (N-methyl/N-ethyl adjacent to an activating group) is 1. The summed E-state index contributed by atoms with van der Waals surface area (Å²) in [6, 6.07) is 16.7. The average molecular weight is 581 g/mol. The molecule has 42 heavy (non-hydrogen) atoms. The van der Waals surface area contributed by atoms with E-state index in [0.29, 0.717) is 12.1 Å². The highest BCUT2D eigenvalue weighted by Gasteiger charge is 2.30. The standard InChI is InChI=1S/C21H25N3O2.C10H19N3O3/c1-24-13-5-8-19(24)21(26)23-18(20(22)25)14-15-9-11-17(12-10-15)16-6-3-2-4-7-16;1-6(2)8(5-14)13(12)7(3)9(11)10(15)16-4/h2-4,6-7,9-12,18-19H,5,8,13-14H2,1H3,(H2,22,25)(H,23,26);5-6,8H,11-12H2,1-4H3/b;9-7-/t18-,19?;/m1./s1. The van der Waals surface area contributed by atoms with Crippen LogP contribution in [0.25, 0.3) is 11.1 Å². The van der Waals surface area contributed by atoms with Crippen molar-refractivity contribution < 1.29 is 23.9 Å². The number of esters is 1. The highest BCUT2D eigenvalue weighted by molar-refractivity contribution is 5.89. The molecule has 7 N–H and O–H groups in total. The Kier molecular flexibility index (Phi) is 13.2. The van der Waals surface area contributed by atoms with Gasteiger partial charge in [-0.05, 0) is 56.0 Å². The second-order valence-corrected chi connectivity index (χ2v) is 10.6. The number of amides is 2. The largest absolute Gasteiger partial charge is 0.464 e. The number of primary amides is 1. The molecule has 2 unspecified atom stereocenters. The van der Waals surface area contributed by atoms with E-state index in [0.717, 1.165) is 42.4 Å². The molecule has 2 aromatic carbocycles. The molecule has 11 nitrogen and oxygen atoms in total. The van der Waals surface area contributed by atoms with E-state index in [2.05, 4.69) is 22.2 Å². The summed E-state index contributed by atoms with van der Waals surface area (Å²) < 4.78 is 4.46. The third-order valence-corrected chi connectivity index (χ3v) is 7.31. The van der Waals surface area contributed by atoms with Gasteiger partial charge >= 0.3 is 5.97 Å². The SMILES string of the molecule is CN1CCCC1C(=O)N[C@H](Cc1ccc(-c2ccccc2)cc1)C(N)=O.COC(=O)/C(N)=C(\C)N(N)C(C=O)C(C)C. The third-order valence-electron chi connectivity index (χ3n) is 7.31. The van der Waals surface area contributed by atoms with Crippen LogP contribution >= 0.6 is 0 Å². The van der Waals surface area contributed by atoms with Crippen molar-refractivity contribution in [3.63, 3.8) is 0 Å². The van der Waals surface area contributed by atoms with Crippen molar-refractivity contribution in [2.75, 3.05) is 20.7 Å². The number of hydrazine groups is 1. The van der Waals surface area contributed by atoms with Crippen LogP contribution < -0.4 is 22.6 Å². The van der Waals surface area contributed by atoms with Crippen molar-refractivity contribution in [1.29, 1.82) is 0 Å². The molecule has 2 amide bonds. The lowest BCUT2D eigenvalue weighted by Gasteiger charge is -2.28. The van der Waals surface area contributed by atoms with Gasteiger partial charge in [0.05, 0.1) is 18.8 Å². The Morgan fingerprint density at radius 2 is 1.67 bits per heavy atom. The molecule has 0 aliphatic carbocycles. The van der Waals surface area contributed by atoms with Gasteiger partial charge in [-0.3, -0.25) is 14.5 Å². The van der Waals surface area contributed by atoms with Crippen LogP contribution in [0.1, 0.15) is 39.2 Å². The van der Waals surface area contributed by atoms with Crippen molar-refractivity contribution in [2.24, 2.45) is 23.2 Å². The first-order valence-electron chi connectivity index (χ1n) is 13.9. The Balaban J connectivity index is 0.000000334. The number of hydrogen-bond donors (Lipinski definition) is 4. The zero-order valence-corrected chi connectivity index (χ0v) is 25.1. The van der Waals surface area contributed by atoms with Crippen molar-refractivity contribution in [3.05, 3.63) is 71.6 Å². The maximum absolute atomic E-state index is 12.4. The van der Waals surface area contributed by atoms with E-state index in [1.165, 1.54) is 12.1 Å². The van der Waals surface area contributed by atoms with Crippen LogP contribution in [-0.4, -0.2) is 72.8 Å². The normalized spacial score (nSPS) is 16.8. The Hall–Kier alpha value is -4.22. The van der Waals surface area contributed by atoms with Crippen LogP contribution in [0, 0.1) is 5.92 Å². The molecule has 2 aromatic rings. The molecule has 3 atom stereocenters. The van der Waals surface area contributed by atoms with Gasteiger partial charge in [0.2, 0.25) is 11.8 Å². The van der Waals surface area contributed by atoms with Gasteiger partial charge in [0.25, 0.3) is 0 Å². The van der Waals surface area contributed by atoms with Crippen molar-refractivity contribution in [1.82, 2.24) is 15.2 Å². The number of allylic oxidation sites excluding steroid dienone is 1. The number of aldehydes is 1. The van der Waals surface area contributed by atoms with Crippen LogP contribution in [0.5, 0.6) is 0 Å². The van der Waals surface area contributed by atoms with Crippen LogP contribution in [-0.2, 0) is 30.3 Å². The number of nitrogens with one attached hydrogen (secondary N) is 1. The summed E-state index contributed by atoms with van der Waals surface area (Å²) in [5, 5.41) is 4.01. The number of rotatable bonds is 11. The van der Waals surface area contributed by atoms with Crippen LogP contribution in [0.4, 0.5) is 0 Å². The Morgan fingerprint density at radius 3 is 2.14 bits per heavy atom. The van der Waals surface area contributed by atoms with Crippen LogP contribution in [0.2, 0.25) is 0 Å². The zero-order chi connectivity index (χ0) is 31.4. The van der Waals surface area contributed by atoms with E-state index in [1.807, 2.05) is 68.3 Å². The first-order valence-corrected chi connectivity index (χ1v) is 13.9. The summed E-state index contributed by atoms with van der Waals surface area (Å²) in [4.78, 5) is 48.3. The fourth-order valence-electron chi connectivity index (χ4n) is 4.60. The topological polar surface area (TPSA) is 174 Å². The molecule has 1 saturated heterocycles. The highest BCUT2D eigenvalue weighted by atomic mass is 16.5. The summed E-state index contributed by atoms with van der Waals surface area (Å²) in [6.45, 7) is 6.16. The number of carbonyl (C=O) groups excluding carboxylic acids is 4. The molecule has 1 aliphatic rings. The van der Waals surface area contributed by atoms with Crippen LogP contribution in [0.15, 0.2) is 66.0 Å². The van der Waals surface area contributed by atoms with Crippen LogP contribution in [0.3, 0.4) is 0 Å². The predicted molar refractivity (Wildman–Crippen MR) is 162 cm³/mol. The number of carbonyl (C=O) groups is 4. The highest BCUT2D eigenvalue weighted by Crippen LogP contribution is 2.20. The van der Waals surface area contributed by atoms with E-state index < -0.39 is 24.0 Å². The molecular formula is C31H44N6O5. The summed E-state index contributed by atoms with van der Waals surface area (Å²) >= 11 is 0. The van der Waals surface area contributed by atoms with E-state index in [9.17, 15) is 19.2 Å². The number of benzene rings is 2. The fourth-order valence-corrected chi connectivity index (χ4v) is 4.60. The van der Waals surface area contributed by atoms with Gasteiger partial charge < -0.3 is 31.3 Å². The molecule has 0 aromatic heterocycles. The van der Waals surface area contributed by atoms with E-state index in [1.54, 1.807) is 6.92 Å². The molecule has 3 rings (SSSR count). The molecule has 228 valence electrons. The summed E-state index contributed by atoms with van der Waals surface area (Å²) in [6.07, 6.45) is 2.93. The smallest absolute Gasteiger partial charge is 0.355 e. The Morgan fingerprint density at radius 1 is 1.07 bits per heavy atom. The third kappa shape index (κ3) is 9.42. The van der Waals surface area contributed by atoms with Gasteiger partial charge in [0.1, 0.15) is 24.1 Å². The maximum atomic E-state index is 12.4. The first-order chi connectivity index (χ1) is 19.9. The minimum Gasteiger partial charge on any atom is -0.464 e. The lowest BCUT2D eigenvalue weighted by atomic mass is 10.00. The minimum atomic E-state index is -0.695. The lowest BCUT2D eigenvalue weighted by Crippen LogP contribution is -2.51. The molecule has 1 aliphatic heterocycles. The monoisotopic (exact) mass is 580 g/mol. The van der Waals surface area contributed by atoms with Crippen molar-refractivity contribution in [2.45, 2.75) is 58.2 Å². The quantitative estimate of drug-likeness (QED) is 0.101. The number of methoxy groups -OCH3 is 1. The average Bonchev–Trinajstić information content (AvgIpc) is 3.42. The second-order valence-electron chi connectivity index (χ2n) is 10.6. The fraction of sp³-hybridized carbons (Fsp3) is 0.419. The maximum Gasteiger partial charge on any atom is 0.355 e. The van der Waals surface area contributed by atoms with Gasteiger partial charge in [-0.1, -0.05) is 68.4 Å². The molecule has 0 bridgehead atoms. The van der Waals surface area contributed by atoms with Crippen molar-refractivity contribution in [3.8, 4) is 11.1 Å².